The first-order valence-corrected chi connectivity index (χ1v) is 9.46. The van der Waals surface area contributed by atoms with Gasteiger partial charge in [-0.05, 0) is 36.4 Å². The molecule has 4 aromatic rings. The fourth-order valence-electron chi connectivity index (χ4n) is 3.35. The van der Waals surface area contributed by atoms with E-state index < -0.39 is 45.8 Å². The predicted molar refractivity (Wildman–Crippen MR) is 112 cm³/mol. The molecular weight excluding hydrogens is 451 g/mol. The van der Waals surface area contributed by atoms with E-state index in [1.807, 2.05) is 0 Å². The maximum absolute atomic E-state index is 12.7. The summed E-state index contributed by atoms with van der Waals surface area (Å²) in [5, 5.41) is 22.1. The summed E-state index contributed by atoms with van der Waals surface area (Å²) in [6.45, 7) is 0. The molecule has 0 unspecified atom stereocenters. The zero-order chi connectivity index (χ0) is 22.4. The van der Waals surface area contributed by atoms with E-state index in [2.05, 4.69) is 0 Å². The number of halogens is 2. The molecule has 2 aromatic carbocycles. The highest BCUT2D eigenvalue weighted by atomic mass is 35.5. The van der Waals surface area contributed by atoms with Crippen LogP contribution >= 0.6 is 23.2 Å². The van der Waals surface area contributed by atoms with Crippen molar-refractivity contribution in [3.8, 4) is 11.5 Å². The van der Waals surface area contributed by atoms with E-state index in [0.29, 0.717) is 0 Å². The van der Waals surface area contributed by atoms with Gasteiger partial charge in [0.2, 0.25) is 0 Å². The van der Waals surface area contributed by atoms with Crippen LogP contribution in [0.15, 0.2) is 54.8 Å². The van der Waals surface area contributed by atoms with E-state index in [4.69, 9.17) is 36.8 Å². The van der Waals surface area contributed by atoms with Crippen LogP contribution in [0.3, 0.4) is 0 Å². The summed E-state index contributed by atoms with van der Waals surface area (Å²) in [6.07, 6.45) is 0. The van der Waals surface area contributed by atoms with Crippen LogP contribution in [0.25, 0.3) is 21.9 Å². The van der Waals surface area contributed by atoms with Crippen molar-refractivity contribution in [1.82, 2.24) is 0 Å². The largest absolute Gasteiger partial charge is 0.507 e. The van der Waals surface area contributed by atoms with Gasteiger partial charge in [-0.1, -0.05) is 23.2 Å². The highest BCUT2D eigenvalue weighted by molar-refractivity contribution is 6.31. The van der Waals surface area contributed by atoms with Crippen LogP contribution in [0, 0.1) is 0 Å². The molecule has 8 nitrogen and oxygen atoms in total. The summed E-state index contributed by atoms with van der Waals surface area (Å²) in [7, 11) is 1.02. The Hall–Kier alpha value is -3.49. The highest BCUT2D eigenvalue weighted by Crippen LogP contribution is 2.40. The predicted octanol–water partition coefficient (Wildman–Crippen LogP) is 3.92. The number of esters is 1. The number of carbonyl (C=O) groups is 1. The monoisotopic (exact) mass is 462 g/mol. The molecule has 0 aliphatic rings. The highest BCUT2D eigenvalue weighted by Gasteiger charge is 2.37. The Morgan fingerprint density at radius 1 is 0.871 bits per heavy atom. The van der Waals surface area contributed by atoms with E-state index in [1.165, 1.54) is 36.4 Å². The molecule has 0 atom stereocenters. The van der Waals surface area contributed by atoms with E-state index >= 15 is 0 Å². The zero-order valence-electron chi connectivity index (χ0n) is 15.6. The number of hydrogen-bond acceptors (Lipinski definition) is 8. The van der Waals surface area contributed by atoms with Crippen LogP contribution in [-0.2, 0) is 9.53 Å². The van der Waals surface area contributed by atoms with Gasteiger partial charge in [0.1, 0.15) is 28.6 Å². The second-order valence-electron chi connectivity index (χ2n) is 6.54. The molecule has 158 valence electrons. The molecule has 31 heavy (non-hydrogen) atoms. The Kier molecular flexibility index (Phi) is 5.12. The van der Waals surface area contributed by atoms with Gasteiger partial charge in [0.25, 0.3) is 0 Å². The Balaban J connectivity index is 2.11. The van der Waals surface area contributed by atoms with Gasteiger partial charge in [-0.15, -0.1) is 0 Å². The second kappa shape index (κ2) is 7.64. The van der Waals surface area contributed by atoms with Gasteiger partial charge in [-0.25, -0.2) is 9.59 Å². The Labute approximate surface area is 182 Å². The number of aromatic hydroxyl groups is 2. The normalized spacial score (nSPS) is 11.4. The van der Waals surface area contributed by atoms with E-state index in [9.17, 15) is 24.6 Å². The van der Waals surface area contributed by atoms with E-state index in [-0.39, 0.29) is 32.0 Å². The summed E-state index contributed by atoms with van der Waals surface area (Å²) in [5.74, 6) is -4.29. The fourth-order valence-corrected chi connectivity index (χ4v) is 3.70. The Morgan fingerprint density at radius 2 is 1.29 bits per heavy atom. The lowest BCUT2D eigenvalue weighted by molar-refractivity contribution is -0.141. The van der Waals surface area contributed by atoms with Crippen molar-refractivity contribution in [2.75, 3.05) is 7.11 Å². The van der Waals surface area contributed by atoms with Crippen molar-refractivity contribution >= 4 is 51.1 Å². The molecule has 2 aromatic heterocycles. The van der Waals surface area contributed by atoms with Crippen molar-refractivity contribution in [3.63, 3.8) is 0 Å². The maximum atomic E-state index is 12.7. The minimum absolute atomic E-state index is 0.000755. The van der Waals surface area contributed by atoms with Gasteiger partial charge < -0.3 is 23.8 Å². The third kappa shape index (κ3) is 3.39. The molecule has 10 heteroatoms. The van der Waals surface area contributed by atoms with Gasteiger partial charge in [-0.3, -0.25) is 4.79 Å². The molecule has 0 aliphatic carbocycles. The van der Waals surface area contributed by atoms with Crippen LogP contribution in [0.4, 0.5) is 0 Å². The average Bonchev–Trinajstić information content (AvgIpc) is 2.73. The van der Waals surface area contributed by atoms with E-state index in [0.717, 1.165) is 7.11 Å². The first-order chi connectivity index (χ1) is 14.7. The molecule has 4 rings (SSSR count). The third-order valence-corrected chi connectivity index (χ3v) is 5.23. The lowest BCUT2D eigenvalue weighted by Gasteiger charge is -2.17. The van der Waals surface area contributed by atoms with Gasteiger partial charge in [0.05, 0.1) is 29.0 Å². The summed E-state index contributed by atoms with van der Waals surface area (Å²) < 4.78 is 15.1. The van der Waals surface area contributed by atoms with Gasteiger partial charge in [0.15, 0.2) is 0 Å². The zero-order valence-corrected chi connectivity index (χ0v) is 17.2. The maximum Gasteiger partial charge on any atom is 0.344 e. The van der Waals surface area contributed by atoms with E-state index in [1.54, 1.807) is 0 Å². The smallest absolute Gasteiger partial charge is 0.344 e. The lowest BCUT2D eigenvalue weighted by Crippen LogP contribution is -2.27. The van der Waals surface area contributed by atoms with Crippen LogP contribution < -0.4 is 11.3 Å². The minimum Gasteiger partial charge on any atom is -0.507 e. The van der Waals surface area contributed by atoms with Crippen LogP contribution in [-0.4, -0.2) is 23.3 Å². The SMILES string of the molecule is COC(=O)C(c1c(O)c2cc(Cl)ccc2oc1=O)c1c(O)c2cc(Cl)ccc2oc1=O. The molecule has 0 spiro atoms. The van der Waals surface area contributed by atoms with Gasteiger partial charge in [0, 0.05) is 10.0 Å². The van der Waals surface area contributed by atoms with Crippen molar-refractivity contribution in [2.45, 2.75) is 5.92 Å². The number of carbonyl (C=O) groups excluding carboxylic acids is 1. The minimum atomic E-state index is -1.86. The fraction of sp³-hybridized carbons (Fsp3) is 0.0952. The third-order valence-electron chi connectivity index (χ3n) is 4.76. The van der Waals surface area contributed by atoms with Crippen molar-refractivity contribution in [2.24, 2.45) is 0 Å². The van der Waals surface area contributed by atoms with Crippen LogP contribution in [0.1, 0.15) is 17.0 Å². The molecule has 2 heterocycles. The van der Waals surface area contributed by atoms with Gasteiger partial charge >= 0.3 is 17.2 Å². The summed E-state index contributed by atoms with van der Waals surface area (Å²) in [5.41, 5.74) is -3.47. The molecule has 0 aliphatic heterocycles. The molecule has 0 bridgehead atoms. The summed E-state index contributed by atoms with van der Waals surface area (Å²) in [6, 6.07) is 8.23. The number of methoxy groups -OCH3 is 1. The van der Waals surface area contributed by atoms with Gasteiger partial charge in [-0.2, -0.15) is 0 Å². The second-order valence-corrected chi connectivity index (χ2v) is 7.41. The topological polar surface area (TPSA) is 127 Å². The molecule has 0 radical (unpaired) electrons. The molecule has 0 saturated heterocycles. The van der Waals surface area contributed by atoms with Crippen LogP contribution in [0.2, 0.25) is 10.0 Å². The summed E-state index contributed by atoms with van der Waals surface area (Å²) in [4.78, 5) is 38.1. The molecular formula is C21H12Cl2O8. The van der Waals surface area contributed by atoms with Crippen molar-refractivity contribution in [3.05, 3.63) is 78.4 Å². The molecule has 0 fully saturated rings. The first kappa shape index (κ1) is 20.8. The molecule has 2 N–H and O–H groups in total. The number of benzene rings is 2. The Bertz CT molecular complexity index is 1380. The number of ether oxygens (including phenoxy) is 1. The summed E-state index contributed by atoms with van der Waals surface area (Å²) >= 11 is 11.9. The number of hydrogen-bond donors (Lipinski definition) is 2. The number of rotatable bonds is 3. The standard InChI is InChI=1S/C21H12Cl2O8/c1-29-19(26)14(15-17(24)10-6-8(22)2-4-12(10)30-20(15)27)16-18(25)11-7-9(23)3-5-13(11)31-21(16)28/h2-7,14,24-25H,1H3. The van der Waals surface area contributed by atoms with Crippen LogP contribution in [0.5, 0.6) is 11.5 Å². The van der Waals surface area contributed by atoms with Crippen molar-refractivity contribution < 1.29 is 28.6 Å². The Morgan fingerprint density at radius 3 is 1.68 bits per heavy atom. The molecule has 0 amide bonds. The quantitative estimate of drug-likeness (QED) is 0.346. The number of fused-ring (bicyclic) bond motifs is 2. The lowest BCUT2D eigenvalue weighted by atomic mass is 9.90. The molecule has 0 saturated carbocycles. The van der Waals surface area contributed by atoms with Crippen molar-refractivity contribution in [1.29, 1.82) is 0 Å². The first-order valence-electron chi connectivity index (χ1n) is 8.71. The average molecular weight is 463 g/mol.